The Morgan fingerprint density at radius 1 is 1.36 bits per heavy atom. The fourth-order valence-corrected chi connectivity index (χ4v) is 5.33. The van der Waals surface area contributed by atoms with Gasteiger partial charge in [-0.2, -0.15) is 9.40 Å². The van der Waals surface area contributed by atoms with Gasteiger partial charge in [-0.1, -0.05) is 13.8 Å². The summed E-state index contributed by atoms with van der Waals surface area (Å²) in [4.78, 5) is 0.399. The van der Waals surface area contributed by atoms with E-state index in [4.69, 9.17) is 0 Å². The van der Waals surface area contributed by atoms with Gasteiger partial charge in [0.05, 0.1) is 11.4 Å². The van der Waals surface area contributed by atoms with Crippen molar-refractivity contribution in [1.82, 2.24) is 19.4 Å². The second kappa shape index (κ2) is 6.68. The number of aryl methyl sites for hydroxylation is 1. The van der Waals surface area contributed by atoms with Crippen molar-refractivity contribution in [3.8, 4) is 0 Å². The summed E-state index contributed by atoms with van der Waals surface area (Å²) in [6.45, 7) is 9.89. The maximum absolute atomic E-state index is 13.1. The van der Waals surface area contributed by atoms with Crippen molar-refractivity contribution < 1.29 is 8.42 Å². The Labute approximate surface area is 133 Å². The minimum Gasteiger partial charge on any atom is -0.318 e. The van der Waals surface area contributed by atoms with E-state index < -0.39 is 10.0 Å². The molecule has 2 heterocycles. The number of nitrogens with one attached hydrogen (secondary N) is 1. The molecule has 1 aliphatic heterocycles. The molecule has 0 amide bonds. The topological polar surface area (TPSA) is 67.2 Å². The molecule has 0 spiro atoms. The average molecular weight is 328 g/mol. The summed E-state index contributed by atoms with van der Waals surface area (Å²) in [5.74, 6) is 0.428. The third-order valence-corrected chi connectivity index (χ3v) is 6.39. The van der Waals surface area contributed by atoms with E-state index in [2.05, 4.69) is 24.3 Å². The molecule has 0 aliphatic carbocycles. The highest BCUT2D eigenvalue weighted by atomic mass is 32.2. The van der Waals surface area contributed by atoms with Crippen molar-refractivity contribution in [2.45, 2.75) is 58.0 Å². The maximum atomic E-state index is 13.1. The molecular weight excluding hydrogens is 300 g/mol. The van der Waals surface area contributed by atoms with Crippen LogP contribution >= 0.6 is 0 Å². The lowest BCUT2D eigenvalue weighted by Gasteiger charge is -2.24. The van der Waals surface area contributed by atoms with Crippen LogP contribution in [0.5, 0.6) is 0 Å². The molecule has 22 heavy (non-hydrogen) atoms. The number of nitrogens with zero attached hydrogens (tertiary/aromatic N) is 3. The van der Waals surface area contributed by atoms with Gasteiger partial charge in [0, 0.05) is 25.7 Å². The SMILES string of the molecule is CNCC1CCCN1S(=O)(=O)c1c(C)nn(CC(C)C)c1C. The monoisotopic (exact) mass is 328 g/mol. The van der Waals surface area contributed by atoms with Gasteiger partial charge in [-0.25, -0.2) is 8.42 Å². The van der Waals surface area contributed by atoms with Gasteiger partial charge >= 0.3 is 0 Å². The number of likely N-dealkylation sites (N-methyl/N-ethyl adjacent to an activating group) is 1. The molecule has 1 aromatic heterocycles. The van der Waals surface area contributed by atoms with E-state index in [0.717, 1.165) is 25.1 Å². The van der Waals surface area contributed by atoms with E-state index in [1.807, 2.05) is 18.7 Å². The molecule has 0 saturated carbocycles. The molecule has 1 unspecified atom stereocenters. The quantitative estimate of drug-likeness (QED) is 0.860. The molecule has 1 fully saturated rings. The third-order valence-electron chi connectivity index (χ3n) is 4.18. The molecule has 1 atom stereocenters. The zero-order valence-corrected chi connectivity index (χ0v) is 15.1. The van der Waals surface area contributed by atoms with Crippen molar-refractivity contribution in [3.05, 3.63) is 11.4 Å². The van der Waals surface area contributed by atoms with Gasteiger partial charge < -0.3 is 5.32 Å². The maximum Gasteiger partial charge on any atom is 0.247 e. The van der Waals surface area contributed by atoms with Gasteiger partial charge in [-0.05, 0) is 39.7 Å². The molecule has 1 aromatic rings. The van der Waals surface area contributed by atoms with Crippen LogP contribution in [0.2, 0.25) is 0 Å². The molecule has 0 bridgehead atoms. The van der Waals surface area contributed by atoms with Gasteiger partial charge in [-0.15, -0.1) is 0 Å². The van der Waals surface area contributed by atoms with E-state index in [1.165, 1.54) is 0 Å². The Bertz CT molecular complexity index is 622. The van der Waals surface area contributed by atoms with Gasteiger partial charge in [0.15, 0.2) is 0 Å². The van der Waals surface area contributed by atoms with Gasteiger partial charge in [-0.3, -0.25) is 4.68 Å². The number of aromatic nitrogens is 2. The highest BCUT2D eigenvalue weighted by Gasteiger charge is 2.38. The summed E-state index contributed by atoms with van der Waals surface area (Å²) < 4.78 is 29.7. The summed E-state index contributed by atoms with van der Waals surface area (Å²) >= 11 is 0. The molecule has 6 nitrogen and oxygen atoms in total. The van der Waals surface area contributed by atoms with E-state index in [-0.39, 0.29) is 6.04 Å². The zero-order chi connectivity index (χ0) is 16.5. The van der Waals surface area contributed by atoms with Crippen LogP contribution in [-0.4, -0.2) is 48.7 Å². The molecule has 2 rings (SSSR count). The highest BCUT2D eigenvalue weighted by Crippen LogP contribution is 2.29. The van der Waals surface area contributed by atoms with Crippen molar-refractivity contribution in [3.63, 3.8) is 0 Å². The molecular formula is C15H28N4O2S. The second-order valence-corrected chi connectivity index (χ2v) is 8.37. The van der Waals surface area contributed by atoms with Crippen molar-refractivity contribution in [2.75, 3.05) is 20.1 Å². The number of rotatable bonds is 6. The summed E-state index contributed by atoms with van der Waals surface area (Å²) in [6.07, 6.45) is 1.84. The molecule has 7 heteroatoms. The zero-order valence-electron chi connectivity index (χ0n) is 14.3. The largest absolute Gasteiger partial charge is 0.318 e. The average Bonchev–Trinajstić information content (AvgIpc) is 2.96. The van der Waals surface area contributed by atoms with Crippen LogP contribution in [0.25, 0.3) is 0 Å². The first-order chi connectivity index (χ1) is 10.3. The van der Waals surface area contributed by atoms with Crippen molar-refractivity contribution >= 4 is 10.0 Å². The van der Waals surface area contributed by atoms with Crippen LogP contribution in [0.15, 0.2) is 4.90 Å². The predicted octanol–water partition coefficient (Wildman–Crippen LogP) is 1.53. The lowest BCUT2D eigenvalue weighted by molar-refractivity contribution is 0.378. The second-order valence-electron chi connectivity index (χ2n) is 6.55. The first-order valence-electron chi connectivity index (χ1n) is 7.99. The summed E-state index contributed by atoms with van der Waals surface area (Å²) in [7, 11) is -1.61. The van der Waals surface area contributed by atoms with Crippen LogP contribution in [0.1, 0.15) is 38.1 Å². The molecule has 0 aromatic carbocycles. The van der Waals surface area contributed by atoms with Gasteiger partial charge in [0.25, 0.3) is 0 Å². The van der Waals surface area contributed by atoms with E-state index >= 15 is 0 Å². The summed E-state index contributed by atoms with van der Waals surface area (Å²) in [5, 5.41) is 7.55. The smallest absolute Gasteiger partial charge is 0.247 e. The summed E-state index contributed by atoms with van der Waals surface area (Å²) in [5.41, 5.74) is 1.36. The van der Waals surface area contributed by atoms with Crippen molar-refractivity contribution in [2.24, 2.45) is 5.92 Å². The lowest BCUT2D eigenvalue weighted by Crippen LogP contribution is -2.41. The third kappa shape index (κ3) is 3.21. The van der Waals surface area contributed by atoms with E-state index in [0.29, 0.717) is 29.6 Å². The van der Waals surface area contributed by atoms with Crippen LogP contribution in [0.4, 0.5) is 0 Å². The molecule has 1 N–H and O–H groups in total. The minimum absolute atomic E-state index is 0.0437. The first kappa shape index (κ1) is 17.4. The Morgan fingerprint density at radius 2 is 2.05 bits per heavy atom. The predicted molar refractivity (Wildman–Crippen MR) is 87.4 cm³/mol. The molecule has 1 aliphatic rings. The van der Waals surface area contributed by atoms with Crippen LogP contribution in [0.3, 0.4) is 0 Å². The van der Waals surface area contributed by atoms with E-state index in [1.54, 1.807) is 11.2 Å². The fraction of sp³-hybridized carbons (Fsp3) is 0.800. The summed E-state index contributed by atoms with van der Waals surface area (Å²) in [6, 6.07) is 0.0437. The standard InChI is InChI=1S/C15H28N4O2S/c1-11(2)10-18-13(4)15(12(3)17-18)22(20,21)19-8-6-7-14(19)9-16-5/h11,14,16H,6-10H2,1-5H3. The Morgan fingerprint density at radius 3 is 2.64 bits per heavy atom. The molecule has 0 radical (unpaired) electrons. The molecule has 1 saturated heterocycles. The van der Waals surface area contributed by atoms with E-state index in [9.17, 15) is 8.42 Å². The highest BCUT2D eigenvalue weighted by molar-refractivity contribution is 7.89. The van der Waals surface area contributed by atoms with Crippen LogP contribution in [0, 0.1) is 19.8 Å². The van der Waals surface area contributed by atoms with Crippen molar-refractivity contribution in [1.29, 1.82) is 0 Å². The van der Waals surface area contributed by atoms with Gasteiger partial charge in [0.1, 0.15) is 4.90 Å². The first-order valence-corrected chi connectivity index (χ1v) is 9.43. The number of hydrogen-bond donors (Lipinski definition) is 1. The Balaban J connectivity index is 2.39. The Kier molecular flexibility index (Phi) is 5.29. The Hall–Kier alpha value is -0.920. The normalized spacial score (nSPS) is 20.2. The van der Waals surface area contributed by atoms with Gasteiger partial charge in [0.2, 0.25) is 10.0 Å². The van der Waals surface area contributed by atoms with Crippen LogP contribution < -0.4 is 5.32 Å². The fourth-order valence-electron chi connectivity index (χ4n) is 3.26. The number of sulfonamides is 1. The molecule has 126 valence electrons. The minimum atomic E-state index is -3.48. The lowest BCUT2D eigenvalue weighted by atomic mass is 10.2. The van der Waals surface area contributed by atoms with Crippen LogP contribution in [-0.2, 0) is 16.6 Å². The number of hydrogen-bond acceptors (Lipinski definition) is 4.